The number of nitrogens with one attached hydrogen (secondary N) is 1. The third-order valence-electron chi connectivity index (χ3n) is 5.71. The molecule has 1 aliphatic carbocycles. The monoisotopic (exact) mass is 392 g/mol. The van der Waals surface area contributed by atoms with E-state index in [2.05, 4.69) is 10.5 Å². The average Bonchev–Trinajstić information content (AvgIpc) is 3.12. The van der Waals surface area contributed by atoms with Crippen molar-refractivity contribution in [1.29, 1.82) is 0 Å². The van der Waals surface area contributed by atoms with Gasteiger partial charge in [0, 0.05) is 12.6 Å². The number of carbonyl (C=O) groups is 3. The van der Waals surface area contributed by atoms with Gasteiger partial charge in [-0.2, -0.15) is 0 Å². The van der Waals surface area contributed by atoms with Gasteiger partial charge in [-0.05, 0) is 38.0 Å². The predicted octanol–water partition coefficient (Wildman–Crippen LogP) is 1.96. The maximum absolute atomic E-state index is 13.2. The van der Waals surface area contributed by atoms with Crippen molar-refractivity contribution in [3.05, 3.63) is 11.8 Å². The summed E-state index contributed by atoms with van der Waals surface area (Å²) in [7, 11) is 0. The lowest BCUT2D eigenvalue weighted by Crippen LogP contribution is -2.47. The highest BCUT2D eigenvalue weighted by atomic mass is 16.5. The van der Waals surface area contributed by atoms with Gasteiger partial charge in [-0.25, -0.2) is 5.06 Å². The van der Waals surface area contributed by atoms with Crippen LogP contribution in [0.1, 0.15) is 51.2 Å². The molecular weight excluding hydrogens is 364 g/mol. The number of carbonyl (C=O) groups excluding carboxylic acids is 3. The Morgan fingerprint density at radius 1 is 1.54 bits per heavy atom. The molecule has 28 heavy (non-hydrogen) atoms. The van der Waals surface area contributed by atoms with Gasteiger partial charge in [-0.3, -0.25) is 19.6 Å². The molecule has 2 N–H and O–H groups in total. The quantitative estimate of drug-likeness (QED) is 0.377. The highest BCUT2D eigenvalue weighted by Crippen LogP contribution is 2.55. The molecule has 1 saturated carbocycles. The van der Waals surface area contributed by atoms with E-state index in [9.17, 15) is 19.6 Å². The number of unbranched alkanes of at least 4 members (excludes halogenated alkanes) is 1. The Balaban J connectivity index is 1.74. The van der Waals surface area contributed by atoms with Crippen LogP contribution in [-0.4, -0.2) is 57.7 Å². The number of amides is 3. The minimum atomic E-state index is -0.584. The fraction of sp³-hybridized carbons (Fsp3) is 0.684. The van der Waals surface area contributed by atoms with E-state index in [0.717, 1.165) is 25.7 Å². The van der Waals surface area contributed by atoms with Crippen LogP contribution in [0.25, 0.3) is 0 Å². The van der Waals surface area contributed by atoms with E-state index in [1.165, 1.54) is 0 Å². The van der Waals surface area contributed by atoms with E-state index in [1.54, 1.807) is 17.9 Å². The van der Waals surface area contributed by atoms with Crippen LogP contribution < -0.4 is 5.32 Å². The molecule has 1 aromatic rings. The first-order valence-electron chi connectivity index (χ1n) is 9.83. The smallest absolute Gasteiger partial charge is 0.248 e. The first-order valence-corrected chi connectivity index (χ1v) is 9.83. The van der Waals surface area contributed by atoms with Crippen LogP contribution in [0, 0.1) is 18.3 Å². The van der Waals surface area contributed by atoms with Gasteiger partial charge in [-0.1, -0.05) is 24.9 Å². The Morgan fingerprint density at radius 2 is 2.29 bits per heavy atom. The number of anilines is 1. The summed E-state index contributed by atoms with van der Waals surface area (Å²) in [5.74, 6) is -0.0827. The number of rotatable bonds is 9. The summed E-state index contributed by atoms with van der Waals surface area (Å²) in [6.07, 6.45) is 5.19. The van der Waals surface area contributed by atoms with E-state index < -0.39 is 12.0 Å². The van der Waals surface area contributed by atoms with E-state index in [0.29, 0.717) is 42.4 Å². The number of hydrogen-bond acceptors (Lipinski definition) is 6. The van der Waals surface area contributed by atoms with Crippen molar-refractivity contribution in [2.45, 2.75) is 58.4 Å². The van der Waals surface area contributed by atoms with Crippen molar-refractivity contribution in [2.24, 2.45) is 11.3 Å². The van der Waals surface area contributed by atoms with Gasteiger partial charge in [0.15, 0.2) is 5.82 Å². The zero-order chi connectivity index (χ0) is 20.3. The topological polar surface area (TPSA) is 116 Å². The lowest BCUT2D eigenvalue weighted by atomic mass is 9.99. The van der Waals surface area contributed by atoms with Gasteiger partial charge in [-0.15, -0.1) is 0 Å². The molecule has 0 radical (unpaired) electrons. The summed E-state index contributed by atoms with van der Waals surface area (Å²) in [5, 5.41) is 16.6. The molecule has 1 spiro atoms. The van der Waals surface area contributed by atoms with Crippen LogP contribution in [0.2, 0.25) is 0 Å². The molecule has 1 saturated heterocycles. The second-order valence-electron chi connectivity index (χ2n) is 8.06. The summed E-state index contributed by atoms with van der Waals surface area (Å²) < 4.78 is 4.98. The number of aryl methyl sites for hydroxylation is 1. The summed E-state index contributed by atoms with van der Waals surface area (Å²) in [5.41, 5.74) is 0.0241. The van der Waals surface area contributed by atoms with Crippen molar-refractivity contribution in [1.82, 2.24) is 15.1 Å². The Labute approximate surface area is 164 Å². The Kier molecular flexibility index (Phi) is 6.02. The first kappa shape index (κ1) is 20.3. The molecule has 0 unspecified atom stereocenters. The molecule has 3 amide bonds. The van der Waals surface area contributed by atoms with Crippen molar-refractivity contribution >= 4 is 24.0 Å². The standard InChI is InChI=1S/C19H28N4O5/c1-3-4-5-14(10-22(27)12-24)18(26)23-11-19(6-7-19)9-15(23)17(25)20-16-8-13(2)28-21-16/h8,12,14-15,27H,3-7,9-11H2,1-2H3,(H,20,21,25)/t14-,15+/m1/s1. The number of likely N-dealkylation sites (tertiary alicyclic amines) is 1. The van der Waals surface area contributed by atoms with E-state index >= 15 is 0 Å². The SMILES string of the molecule is CCCC[C@H](CN(O)C=O)C(=O)N1CC2(CC2)C[C@H]1C(=O)Nc1cc(C)on1. The lowest BCUT2D eigenvalue weighted by Gasteiger charge is -2.29. The second-order valence-corrected chi connectivity index (χ2v) is 8.06. The predicted molar refractivity (Wildman–Crippen MR) is 99.2 cm³/mol. The van der Waals surface area contributed by atoms with Gasteiger partial charge in [0.2, 0.25) is 18.2 Å². The normalized spacial score (nSPS) is 20.8. The maximum Gasteiger partial charge on any atom is 0.248 e. The number of hydrogen-bond donors (Lipinski definition) is 2. The van der Waals surface area contributed by atoms with Crippen LogP contribution >= 0.6 is 0 Å². The van der Waals surface area contributed by atoms with E-state index in [1.807, 2.05) is 6.92 Å². The number of hydroxylamine groups is 2. The van der Waals surface area contributed by atoms with Crippen molar-refractivity contribution in [3.8, 4) is 0 Å². The average molecular weight is 392 g/mol. The first-order chi connectivity index (χ1) is 13.4. The fourth-order valence-electron chi connectivity index (χ4n) is 3.94. The lowest BCUT2D eigenvalue weighted by molar-refractivity contribution is -0.157. The van der Waals surface area contributed by atoms with Crippen LogP contribution in [0.4, 0.5) is 5.82 Å². The van der Waals surface area contributed by atoms with E-state index in [4.69, 9.17) is 4.52 Å². The molecule has 3 rings (SSSR count). The molecule has 1 aliphatic heterocycles. The third-order valence-corrected chi connectivity index (χ3v) is 5.71. The molecule has 9 heteroatoms. The molecule has 9 nitrogen and oxygen atoms in total. The molecule has 2 heterocycles. The van der Waals surface area contributed by atoms with E-state index in [-0.39, 0.29) is 23.8 Å². The Hall–Kier alpha value is -2.42. The van der Waals surface area contributed by atoms with Crippen LogP contribution in [0.3, 0.4) is 0 Å². The molecule has 2 atom stereocenters. The third kappa shape index (κ3) is 4.52. The van der Waals surface area contributed by atoms with Gasteiger partial charge in [0.25, 0.3) is 0 Å². The van der Waals surface area contributed by atoms with Gasteiger partial charge in [0.05, 0.1) is 12.5 Å². The molecule has 0 aromatic carbocycles. The fourth-order valence-corrected chi connectivity index (χ4v) is 3.94. The molecule has 2 aliphatic rings. The summed E-state index contributed by atoms with van der Waals surface area (Å²) >= 11 is 0. The van der Waals surface area contributed by atoms with Gasteiger partial charge >= 0.3 is 0 Å². The summed E-state index contributed by atoms with van der Waals surface area (Å²) in [4.78, 5) is 38.6. The molecule has 154 valence electrons. The van der Waals surface area contributed by atoms with Gasteiger partial charge < -0.3 is 14.7 Å². The summed E-state index contributed by atoms with van der Waals surface area (Å²) in [6.45, 7) is 4.22. The zero-order valence-electron chi connectivity index (χ0n) is 16.4. The maximum atomic E-state index is 13.2. The Bertz CT molecular complexity index is 730. The Morgan fingerprint density at radius 3 is 2.86 bits per heavy atom. The minimum Gasteiger partial charge on any atom is -0.360 e. The number of aromatic nitrogens is 1. The largest absolute Gasteiger partial charge is 0.360 e. The van der Waals surface area contributed by atoms with Crippen LogP contribution in [0.5, 0.6) is 0 Å². The molecular formula is C19H28N4O5. The van der Waals surface area contributed by atoms with Crippen LogP contribution in [-0.2, 0) is 14.4 Å². The van der Waals surface area contributed by atoms with Gasteiger partial charge in [0.1, 0.15) is 11.8 Å². The van der Waals surface area contributed by atoms with Crippen molar-refractivity contribution in [3.63, 3.8) is 0 Å². The minimum absolute atomic E-state index is 0.0241. The van der Waals surface area contributed by atoms with Crippen molar-refractivity contribution < 1.29 is 24.1 Å². The van der Waals surface area contributed by atoms with Crippen LogP contribution in [0.15, 0.2) is 10.6 Å². The second kappa shape index (κ2) is 8.30. The number of nitrogens with zero attached hydrogens (tertiary/aromatic N) is 3. The highest BCUT2D eigenvalue weighted by molar-refractivity contribution is 5.97. The summed E-state index contributed by atoms with van der Waals surface area (Å²) in [6, 6.07) is 1.04. The zero-order valence-corrected chi connectivity index (χ0v) is 16.4. The highest BCUT2D eigenvalue weighted by Gasteiger charge is 2.55. The molecule has 1 aromatic heterocycles. The van der Waals surface area contributed by atoms with Crippen molar-refractivity contribution in [2.75, 3.05) is 18.4 Å². The molecule has 0 bridgehead atoms. The molecule has 2 fully saturated rings.